The fourth-order valence-corrected chi connectivity index (χ4v) is 4.08. The molecule has 1 fully saturated rings. The molecule has 2 heterocycles. The van der Waals surface area contributed by atoms with Crippen LogP contribution in [0.1, 0.15) is 17.2 Å². The smallest absolute Gasteiger partial charge is 0.280 e. The first-order valence-corrected chi connectivity index (χ1v) is 9.45. The number of furan rings is 1. The van der Waals surface area contributed by atoms with E-state index in [2.05, 4.69) is 29.2 Å². The van der Waals surface area contributed by atoms with Crippen molar-refractivity contribution in [2.24, 2.45) is 11.7 Å². The minimum absolute atomic E-state index is 0. The molecule has 0 aliphatic carbocycles. The Hall–Kier alpha value is -2.67. The second-order valence-electron chi connectivity index (χ2n) is 7.25. The van der Waals surface area contributed by atoms with Gasteiger partial charge in [0, 0.05) is 25.1 Å². The van der Waals surface area contributed by atoms with E-state index in [1.165, 1.54) is 11.6 Å². The summed E-state index contributed by atoms with van der Waals surface area (Å²) in [6.07, 6.45) is 0. The van der Waals surface area contributed by atoms with Gasteiger partial charge in [0.1, 0.15) is 11.5 Å². The number of para-hydroxylation sites is 1. The molecule has 4 rings (SSSR count). The van der Waals surface area contributed by atoms with Crippen LogP contribution < -0.4 is 5.73 Å². The molecule has 0 bridgehead atoms. The molecular formula is C22H24ClN3O3. The number of nitrogens with two attached hydrogens (primary N) is 1. The van der Waals surface area contributed by atoms with Crippen molar-refractivity contribution in [2.75, 3.05) is 19.6 Å². The van der Waals surface area contributed by atoms with Gasteiger partial charge in [-0.25, -0.2) is 0 Å². The molecule has 2 atom stereocenters. The Morgan fingerprint density at radius 1 is 1.03 bits per heavy atom. The highest BCUT2D eigenvalue weighted by Crippen LogP contribution is 2.34. The van der Waals surface area contributed by atoms with Crippen LogP contribution >= 0.6 is 12.4 Å². The first-order valence-electron chi connectivity index (χ1n) is 9.45. The molecule has 0 saturated carbocycles. The van der Waals surface area contributed by atoms with Crippen molar-refractivity contribution < 1.29 is 9.34 Å². The maximum Gasteiger partial charge on any atom is 0.280 e. The average molecular weight is 414 g/mol. The van der Waals surface area contributed by atoms with E-state index < -0.39 is 0 Å². The molecular weight excluding hydrogens is 390 g/mol. The molecule has 0 unspecified atom stereocenters. The zero-order valence-electron chi connectivity index (χ0n) is 15.9. The Morgan fingerprint density at radius 3 is 2.48 bits per heavy atom. The van der Waals surface area contributed by atoms with E-state index in [9.17, 15) is 10.1 Å². The van der Waals surface area contributed by atoms with Crippen molar-refractivity contribution in [1.29, 1.82) is 0 Å². The van der Waals surface area contributed by atoms with Crippen molar-refractivity contribution in [2.45, 2.75) is 12.5 Å². The minimum Gasteiger partial charge on any atom is -0.459 e. The molecule has 1 aromatic heterocycles. The fraction of sp³-hybridized carbons (Fsp3) is 0.273. The Balaban J connectivity index is 0.00000240. The highest BCUT2D eigenvalue weighted by Gasteiger charge is 2.33. The van der Waals surface area contributed by atoms with Gasteiger partial charge in [-0.3, -0.25) is 15.0 Å². The van der Waals surface area contributed by atoms with Gasteiger partial charge >= 0.3 is 0 Å². The van der Waals surface area contributed by atoms with Crippen LogP contribution in [0.2, 0.25) is 0 Å². The second kappa shape index (κ2) is 9.22. The molecule has 7 heteroatoms. The van der Waals surface area contributed by atoms with E-state index in [-0.39, 0.29) is 23.0 Å². The summed E-state index contributed by atoms with van der Waals surface area (Å²) in [5.41, 5.74) is 7.90. The summed E-state index contributed by atoms with van der Waals surface area (Å²) in [4.78, 5) is 13.2. The Labute approximate surface area is 175 Å². The van der Waals surface area contributed by atoms with E-state index in [4.69, 9.17) is 10.2 Å². The average Bonchev–Trinajstić information content (AvgIpc) is 3.36. The standard InChI is InChI=1S/C22H23N3O3.ClH/c23-12-17-13-24(15-20(17)16-6-2-1-3-7-16)14-18-10-11-22(28-18)19-8-4-5-9-21(19)25(26)27;/h1-11,17,20H,12-15,23H2;1H/t17-,20+;/m1./s1. The fourth-order valence-electron chi connectivity index (χ4n) is 4.08. The van der Waals surface area contributed by atoms with E-state index >= 15 is 0 Å². The lowest BCUT2D eigenvalue weighted by Gasteiger charge is -2.16. The first kappa shape index (κ1) is 21.0. The monoisotopic (exact) mass is 413 g/mol. The quantitative estimate of drug-likeness (QED) is 0.476. The molecule has 2 aromatic carbocycles. The maximum atomic E-state index is 11.3. The van der Waals surface area contributed by atoms with Gasteiger partial charge in [-0.05, 0) is 36.2 Å². The molecule has 0 radical (unpaired) electrons. The van der Waals surface area contributed by atoms with Crippen molar-refractivity contribution in [3.8, 4) is 11.3 Å². The summed E-state index contributed by atoms with van der Waals surface area (Å²) in [7, 11) is 0. The summed E-state index contributed by atoms with van der Waals surface area (Å²) < 4.78 is 5.95. The van der Waals surface area contributed by atoms with Crippen LogP contribution in [0.25, 0.3) is 11.3 Å². The van der Waals surface area contributed by atoms with Gasteiger partial charge in [-0.2, -0.15) is 0 Å². The van der Waals surface area contributed by atoms with Crippen molar-refractivity contribution >= 4 is 18.1 Å². The first-order chi connectivity index (χ1) is 13.7. The third kappa shape index (κ3) is 4.50. The molecule has 2 N–H and O–H groups in total. The number of nitro benzene ring substituents is 1. The third-order valence-corrected chi connectivity index (χ3v) is 5.45. The van der Waals surface area contributed by atoms with Crippen LogP contribution in [0.5, 0.6) is 0 Å². The maximum absolute atomic E-state index is 11.3. The van der Waals surface area contributed by atoms with E-state index in [0.717, 1.165) is 18.8 Å². The van der Waals surface area contributed by atoms with Crippen molar-refractivity contribution in [3.05, 3.63) is 88.2 Å². The van der Waals surface area contributed by atoms with Crippen molar-refractivity contribution in [3.63, 3.8) is 0 Å². The van der Waals surface area contributed by atoms with Crippen LogP contribution in [0, 0.1) is 16.0 Å². The molecule has 6 nitrogen and oxygen atoms in total. The van der Waals surface area contributed by atoms with Gasteiger partial charge < -0.3 is 10.2 Å². The lowest BCUT2D eigenvalue weighted by atomic mass is 9.89. The van der Waals surface area contributed by atoms with Crippen LogP contribution in [0.15, 0.2) is 71.1 Å². The number of nitrogens with zero attached hydrogens (tertiary/aromatic N) is 2. The van der Waals surface area contributed by atoms with E-state index in [1.807, 2.05) is 18.2 Å². The van der Waals surface area contributed by atoms with Gasteiger partial charge in [0.05, 0.1) is 17.0 Å². The second-order valence-corrected chi connectivity index (χ2v) is 7.25. The number of nitro groups is 1. The zero-order valence-corrected chi connectivity index (χ0v) is 16.8. The molecule has 0 spiro atoms. The molecule has 1 aliphatic heterocycles. The highest BCUT2D eigenvalue weighted by molar-refractivity contribution is 5.85. The lowest BCUT2D eigenvalue weighted by molar-refractivity contribution is -0.384. The molecule has 0 amide bonds. The van der Waals surface area contributed by atoms with Gasteiger partial charge in [-0.15, -0.1) is 12.4 Å². The van der Waals surface area contributed by atoms with Crippen molar-refractivity contribution in [1.82, 2.24) is 4.90 Å². The number of benzene rings is 2. The Bertz CT molecular complexity index is 961. The molecule has 1 saturated heterocycles. The lowest BCUT2D eigenvalue weighted by Crippen LogP contribution is -2.23. The van der Waals surface area contributed by atoms with Crippen LogP contribution in [-0.2, 0) is 6.54 Å². The van der Waals surface area contributed by atoms with Crippen LogP contribution in [0.4, 0.5) is 5.69 Å². The molecule has 3 aromatic rings. The Kier molecular flexibility index (Phi) is 6.69. The number of likely N-dealkylation sites (tertiary alicyclic amines) is 1. The van der Waals surface area contributed by atoms with E-state index in [0.29, 0.717) is 36.2 Å². The molecule has 29 heavy (non-hydrogen) atoms. The molecule has 152 valence electrons. The molecule has 1 aliphatic rings. The van der Waals surface area contributed by atoms with Gasteiger partial charge in [-0.1, -0.05) is 42.5 Å². The highest BCUT2D eigenvalue weighted by atomic mass is 35.5. The van der Waals surface area contributed by atoms with Gasteiger partial charge in [0.2, 0.25) is 0 Å². The normalized spacial score (nSPS) is 19.1. The van der Waals surface area contributed by atoms with Gasteiger partial charge in [0.25, 0.3) is 5.69 Å². The number of hydrogen-bond acceptors (Lipinski definition) is 5. The summed E-state index contributed by atoms with van der Waals surface area (Å²) >= 11 is 0. The summed E-state index contributed by atoms with van der Waals surface area (Å²) in [5, 5.41) is 11.3. The largest absolute Gasteiger partial charge is 0.459 e. The Morgan fingerprint density at radius 2 is 1.76 bits per heavy atom. The minimum atomic E-state index is -0.381. The number of rotatable bonds is 6. The summed E-state index contributed by atoms with van der Waals surface area (Å²) in [5.74, 6) is 2.15. The van der Waals surface area contributed by atoms with Crippen LogP contribution in [0.3, 0.4) is 0 Å². The SMILES string of the molecule is Cl.NC[C@@H]1CN(Cc2ccc(-c3ccccc3[N+](=O)[O-])o2)C[C@H]1c1ccccc1. The predicted octanol–water partition coefficient (Wildman–Crippen LogP) is 4.45. The third-order valence-electron chi connectivity index (χ3n) is 5.45. The van der Waals surface area contributed by atoms with Gasteiger partial charge in [0.15, 0.2) is 0 Å². The topological polar surface area (TPSA) is 85.5 Å². The van der Waals surface area contributed by atoms with E-state index in [1.54, 1.807) is 18.2 Å². The number of halogens is 1. The summed E-state index contributed by atoms with van der Waals surface area (Å²) in [6.45, 7) is 3.15. The summed E-state index contributed by atoms with van der Waals surface area (Å²) in [6, 6.07) is 20.8. The zero-order chi connectivity index (χ0) is 19.5. The predicted molar refractivity (Wildman–Crippen MR) is 115 cm³/mol. The number of hydrogen-bond donors (Lipinski definition) is 1. The van der Waals surface area contributed by atoms with Crippen LogP contribution in [-0.4, -0.2) is 29.5 Å².